The average Bonchev–Trinajstić information content (AvgIpc) is 2.46. The van der Waals surface area contributed by atoms with Gasteiger partial charge in [-0.2, -0.15) is 0 Å². The molecule has 2 saturated heterocycles. The zero-order chi connectivity index (χ0) is 9.92. The second kappa shape index (κ2) is 2.73. The van der Waals surface area contributed by atoms with Gasteiger partial charge in [-0.25, -0.2) is 0 Å². The van der Waals surface area contributed by atoms with Crippen LogP contribution in [0, 0.1) is 23.2 Å². The van der Waals surface area contributed by atoms with E-state index in [1.54, 1.807) is 0 Å². The third-order valence-corrected chi connectivity index (χ3v) is 4.36. The van der Waals surface area contributed by atoms with Crippen molar-refractivity contribution in [3.05, 3.63) is 0 Å². The maximum atomic E-state index is 5.25. The van der Waals surface area contributed by atoms with E-state index in [4.69, 9.17) is 4.74 Å². The lowest BCUT2D eigenvalue weighted by atomic mass is 9.87. The predicted molar refractivity (Wildman–Crippen MR) is 56.1 cm³/mol. The van der Waals surface area contributed by atoms with Crippen molar-refractivity contribution in [1.82, 2.24) is 4.90 Å². The summed E-state index contributed by atoms with van der Waals surface area (Å²) in [6, 6.07) is 0.767. The second-order valence-corrected chi connectivity index (χ2v) is 6.36. The Morgan fingerprint density at radius 3 is 2.00 bits per heavy atom. The van der Waals surface area contributed by atoms with E-state index in [1.807, 2.05) is 0 Å². The largest absolute Gasteiger partial charge is 0.378 e. The molecule has 2 aliphatic heterocycles. The molecule has 0 aromatic carbocycles. The van der Waals surface area contributed by atoms with Crippen molar-refractivity contribution in [3.8, 4) is 0 Å². The first-order valence-corrected chi connectivity index (χ1v) is 5.89. The van der Waals surface area contributed by atoms with E-state index in [1.165, 1.54) is 13.1 Å². The summed E-state index contributed by atoms with van der Waals surface area (Å²) in [5, 5.41) is 0. The molecule has 3 aliphatic rings. The van der Waals surface area contributed by atoms with E-state index in [0.29, 0.717) is 5.41 Å². The summed E-state index contributed by atoms with van der Waals surface area (Å²) in [7, 11) is 0. The highest BCUT2D eigenvalue weighted by molar-refractivity contribution is 5.10. The van der Waals surface area contributed by atoms with E-state index in [0.717, 1.165) is 37.0 Å². The summed E-state index contributed by atoms with van der Waals surface area (Å²) in [4.78, 5) is 2.65. The number of ether oxygens (including phenoxy) is 1. The van der Waals surface area contributed by atoms with Crippen LogP contribution in [0.4, 0.5) is 0 Å². The fraction of sp³-hybridized carbons (Fsp3) is 1.00. The van der Waals surface area contributed by atoms with Gasteiger partial charge in [0.2, 0.25) is 0 Å². The Morgan fingerprint density at radius 2 is 1.64 bits per heavy atom. The predicted octanol–water partition coefficient (Wildman–Crippen LogP) is 1.61. The molecular formula is C12H21NO. The van der Waals surface area contributed by atoms with Crippen molar-refractivity contribution in [1.29, 1.82) is 0 Å². The van der Waals surface area contributed by atoms with Gasteiger partial charge in [0.05, 0.1) is 19.3 Å². The summed E-state index contributed by atoms with van der Waals surface area (Å²) >= 11 is 0. The minimum absolute atomic E-state index is 0.539. The Morgan fingerprint density at radius 1 is 1.07 bits per heavy atom. The zero-order valence-corrected chi connectivity index (χ0v) is 9.49. The molecule has 2 nitrogen and oxygen atoms in total. The number of rotatable bonds is 1. The van der Waals surface area contributed by atoms with Crippen LogP contribution in [0.15, 0.2) is 0 Å². The first-order valence-electron chi connectivity index (χ1n) is 5.89. The van der Waals surface area contributed by atoms with Crippen LogP contribution in [0.25, 0.3) is 0 Å². The molecule has 3 atom stereocenters. The SMILES string of the molecule is CC(C)(C)C1C2CN(C3COC3)C[C@@H]21. The molecule has 80 valence electrons. The Balaban J connectivity index is 1.57. The number of nitrogens with zero attached hydrogens (tertiary/aromatic N) is 1. The molecule has 0 spiro atoms. The smallest absolute Gasteiger partial charge is 0.0645 e. The minimum Gasteiger partial charge on any atom is -0.378 e. The quantitative estimate of drug-likeness (QED) is 0.630. The van der Waals surface area contributed by atoms with Crippen LogP contribution < -0.4 is 0 Å². The van der Waals surface area contributed by atoms with Crippen molar-refractivity contribution < 1.29 is 4.74 Å². The topological polar surface area (TPSA) is 12.5 Å². The molecule has 3 rings (SSSR count). The maximum absolute atomic E-state index is 5.25. The molecule has 1 aliphatic carbocycles. The zero-order valence-electron chi connectivity index (χ0n) is 9.49. The van der Waals surface area contributed by atoms with Crippen molar-refractivity contribution >= 4 is 0 Å². The number of fused-ring (bicyclic) bond motifs is 1. The highest BCUT2D eigenvalue weighted by Crippen LogP contribution is 2.60. The molecule has 0 aromatic rings. The molecule has 2 unspecified atom stereocenters. The average molecular weight is 195 g/mol. The maximum Gasteiger partial charge on any atom is 0.0645 e. The van der Waals surface area contributed by atoms with Gasteiger partial charge in [-0.05, 0) is 23.2 Å². The number of piperidine rings is 1. The van der Waals surface area contributed by atoms with Crippen molar-refractivity contribution in [3.63, 3.8) is 0 Å². The first kappa shape index (κ1) is 9.17. The van der Waals surface area contributed by atoms with Gasteiger partial charge < -0.3 is 4.74 Å². The van der Waals surface area contributed by atoms with Gasteiger partial charge in [0.25, 0.3) is 0 Å². The van der Waals surface area contributed by atoms with Gasteiger partial charge in [-0.1, -0.05) is 20.8 Å². The van der Waals surface area contributed by atoms with Gasteiger partial charge in [0, 0.05) is 13.1 Å². The molecule has 0 bridgehead atoms. The van der Waals surface area contributed by atoms with E-state index >= 15 is 0 Å². The Kier molecular flexibility index (Phi) is 1.79. The Bertz CT molecular complexity index is 229. The third-order valence-electron chi connectivity index (χ3n) is 4.36. The van der Waals surface area contributed by atoms with Gasteiger partial charge >= 0.3 is 0 Å². The molecular weight excluding hydrogens is 174 g/mol. The molecule has 2 heteroatoms. The molecule has 0 radical (unpaired) electrons. The number of hydrogen-bond donors (Lipinski definition) is 0. The summed E-state index contributed by atoms with van der Waals surface area (Å²) in [6.07, 6.45) is 0. The highest BCUT2D eigenvalue weighted by atomic mass is 16.5. The number of likely N-dealkylation sites (tertiary alicyclic amines) is 1. The van der Waals surface area contributed by atoms with Crippen LogP contribution in [0.5, 0.6) is 0 Å². The molecule has 14 heavy (non-hydrogen) atoms. The van der Waals surface area contributed by atoms with Gasteiger partial charge in [0.1, 0.15) is 0 Å². The van der Waals surface area contributed by atoms with E-state index in [-0.39, 0.29) is 0 Å². The van der Waals surface area contributed by atoms with Crippen LogP contribution in [0.3, 0.4) is 0 Å². The molecule has 1 saturated carbocycles. The summed E-state index contributed by atoms with van der Waals surface area (Å²) < 4.78 is 5.25. The first-order chi connectivity index (χ1) is 6.57. The molecule has 3 fully saturated rings. The Hall–Kier alpha value is -0.0800. The van der Waals surface area contributed by atoms with E-state index < -0.39 is 0 Å². The number of hydrogen-bond acceptors (Lipinski definition) is 2. The normalized spacial score (nSPS) is 43.5. The van der Waals surface area contributed by atoms with Gasteiger partial charge in [-0.15, -0.1) is 0 Å². The minimum atomic E-state index is 0.539. The summed E-state index contributed by atoms with van der Waals surface area (Å²) in [5.41, 5.74) is 0.539. The fourth-order valence-electron chi connectivity index (χ4n) is 3.58. The van der Waals surface area contributed by atoms with Gasteiger partial charge in [0.15, 0.2) is 0 Å². The van der Waals surface area contributed by atoms with E-state index in [9.17, 15) is 0 Å². The van der Waals surface area contributed by atoms with Crippen LogP contribution in [0.2, 0.25) is 0 Å². The monoisotopic (exact) mass is 195 g/mol. The summed E-state index contributed by atoms with van der Waals surface area (Å²) in [5.74, 6) is 3.02. The van der Waals surface area contributed by atoms with Crippen LogP contribution in [-0.2, 0) is 4.74 Å². The lowest BCUT2D eigenvalue weighted by molar-refractivity contribution is -0.0630. The van der Waals surface area contributed by atoms with Crippen molar-refractivity contribution in [2.45, 2.75) is 26.8 Å². The second-order valence-electron chi connectivity index (χ2n) is 6.36. The molecule has 0 amide bonds. The molecule has 0 N–H and O–H groups in total. The molecule has 2 heterocycles. The van der Waals surface area contributed by atoms with Crippen molar-refractivity contribution in [2.75, 3.05) is 26.3 Å². The molecule has 0 aromatic heterocycles. The van der Waals surface area contributed by atoms with Crippen LogP contribution >= 0.6 is 0 Å². The Labute approximate surface area is 86.6 Å². The summed E-state index contributed by atoms with van der Waals surface area (Å²) in [6.45, 7) is 11.9. The fourth-order valence-corrected chi connectivity index (χ4v) is 3.58. The van der Waals surface area contributed by atoms with Crippen LogP contribution in [-0.4, -0.2) is 37.2 Å². The lowest BCUT2D eigenvalue weighted by Gasteiger charge is -2.36. The van der Waals surface area contributed by atoms with Gasteiger partial charge in [-0.3, -0.25) is 4.90 Å². The van der Waals surface area contributed by atoms with E-state index in [2.05, 4.69) is 25.7 Å². The standard InChI is InChI=1S/C12H21NO/c1-12(2,3)11-9-4-13(5-10(9)11)8-6-14-7-8/h8-11H,4-7H2,1-3H3/t9-,10?,11?/m0/s1. The highest BCUT2D eigenvalue weighted by Gasteiger charge is 2.60. The van der Waals surface area contributed by atoms with Crippen LogP contribution in [0.1, 0.15) is 20.8 Å². The third kappa shape index (κ3) is 1.24. The van der Waals surface area contributed by atoms with Crippen molar-refractivity contribution in [2.24, 2.45) is 23.2 Å². The lowest BCUT2D eigenvalue weighted by Crippen LogP contribution is -2.49.